The number of benzene rings is 2. The highest BCUT2D eigenvalue weighted by Gasteiger charge is 2.20. The topological polar surface area (TPSA) is 92.0 Å². The molecule has 0 saturated carbocycles. The van der Waals surface area contributed by atoms with Gasteiger partial charge in [0.1, 0.15) is 11.3 Å². The van der Waals surface area contributed by atoms with Gasteiger partial charge in [-0.15, -0.1) is 0 Å². The van der Waals surface area contributed by atoms with Crippen molar-refractivity contribution in [3.63, 3.8) is 0 Å². The summed E-state index contributed by atoms with van der Waals surface area (Å²) in [5.74, 6) is 0.395. The Morgan fingerprint density at radius 1 is 1.00 bits per heavy atom. The lowest BCUT2D eigenvalue weighted by molar-refractivity contribution is 0.521. The Hall–Kier alpha value is -3.72. The number of rotatable bonds is 3. The number of hydrogen-bond acceptors (Lipinski definition) is 5. The van der Waals surface area contributed by atoms with Crippen LogP contribution in [0.1, 0.15) is 5.76 Å². The third-order valence-corrected chi connectivity index (χ3v) is 6.01. The smallest absolute Gasteiger partial charge is 0.332 e. The third-order valence-electron chi connectivity index (χ3n) is 5.52. The molecule has 0 saturated heterocycles. The minimum atomic E-state index is -0.464. The minimum Gasteiger partial charge on any atom is -0.458 e. The Balaban J connectivity index is 1.81. The molecular weight excluding hydrogens is 476 g/mol. The quantitative estimate of drug-likeness (QED) is 0.386. The summed E-state index contributed by atoms with van der Waals surface area (Å²) in [6, 6.07) is 14.5. The highest BCUT2D eigenvalue weighted by molar-refractivity contribution is 9.10. The van der Waals surface area contributed by atoms with Crippen molar-refractivity contribution in [2.75, 3.05) is 0 Å². The molecule has 0 aliphatic heterocycles. The zero-order chi connectivity index (χ0) is 22.6. The number of halogens is 1. The lowest BCUT2D eigenvalue weighted by atomic mass is 10.0. The van der Waals surface area contributed by atoms with E-state index in [9.17, 15) is 14.4 Å². The molecule has 8 nitrogen and oxygen atoms in total. The van der Waals surface area contributed by atoms with Gasteiger partial charge in [0.05, 0.1) is 23.8 Å². The number of aromatic nitrogens is 4. The van der Waals surface area contributed by atoms with Crippen molar-refractivity contribution in [3.05, 3.63) is 96.2 Å². The Kier molecular flexibility index (Phi) is 4.70. The van der Waals surface area contributed by atoms with Crippen LogP contribution in [0, 0.1) is 0 Å². The fraction of sp³-hybridized carbons (Fsp3) is 0.130. The molecule has 0 fully saturated rings. The molecule has 0 bridgehead atoms. The zero-order valence-electron chi connectivity index (χ0n) is 17.2. The first-order chi connectivity index (χ1) is 15.4. The van der Waals surface area contributed by atoms with E-state index in [1.165, 1.54) is 17.9 Å². The molecule has 0 aliphatic carbocycles. The largest absolute Gasteiger partial charge is 0.458 e. The van der Waals surface area contributed by atoms with E-state index in [-0.39, 0.29) is 23.1 Å². The number of hydrogen-bond donors (Lipinski definition) is 0. The zero-order valence-corrected chi connectivity index (χ0v) is 18.8. The van der Waals surface area contributed by atoms with Crippen molar-refractivity contribution in [1.29, 1.82) is 0 Å². The molecule has 3 heterocycles. The molecule has 0 N–H and O–H groups in total. The van der Waals surface area contributed by atoms with Gasteiger partial charge in [-0.25, -0.2) is 9.78 Å². The predicted octanol–water partition coefficient (Wildman–Crippen LogP) is 3.02. The SMILES string of the molecule is Cn1c(=O)c2c(ncn2Cc2oc3ccc(Br)cc3c(=O)c2-c2ccccc2)n(C)c1=O. The van der Waals surface area contributed by atoms with Crippen LogP contribution in [0.5, 0.6) is 0 Å². The van der Waals surface area contributed by atoms with E-state index in [1.54, 1.807) is 29.8 Å². The second-order valence-electron chi connectivity index (χ2n) is 7.49. The normalized spacial score (nSPS) is 11.5. The molecule has 32 heavy (non-hydrogen) atoms. The van der Waals surface area contributed by atoms with Gasteiger partial charge in [-0.1, -0.05) is 46.3 Å². The summed E-state index contributed by atoms with van der Waals surface area (Å²) < 4.78 is 10.9. The van der Waals surface area contributed by atoms with Crippen LogP contribution in [-0.4, -0.2) is 18.7 Å². The molecule has 0 aliphatic rings. The molecule has 9 heteroatoms. The first kappa shape index (κ1) is 20.2. The lowest BCUT2D eigenvalue weighted by Gasteiger charge is -2.12. The van der Waals surface area contributed by atoms with Crippen LogP contribution in [0.15, 0.2) is 78.1 Å². The summed E-state index contributed by atoms with van der Waals surface area (Å²) in [5, 5.41) is 0.454. The summed E-state index contributed by atoms with van der Waals surface area (Å²) in [7, 11) is 2.98. The van der Waals surface area contributed by atoms with Gasteiger partial charge < -0.3 is 8.98 Å². The maximum atomic E-state index is 13.5. The third kappa shape index (κ3) is 3.04. The molecule has 0 amide bonds. The summed E-state index contributed by atoms with van der Waals surface area (Å²) >= 11 is 3.41. The summed E-state index contributed by atoms with van der Waals surface area (Å²) in [4.78, 5) is 42.8. The Bertz CT molecular complexity index is 1690. The average Bonchev–Trinajstić information content (AvgIpc) is 3.21. The van der Waals surface area contributed by atoms with E-state index in [0.717, 1.165) is 9.04 Å². The van der Waals surface area contributed by atoms with Gasteiger partial charge in [0.2, 0.25) is 5.43 Å². The lowest BCUT2D eigenvalue weighted by Crippen LogP contribution is -2.37. The van der Waals surface area contributed by atoms with Crippen LogP contribution < -0.4 is 16.7 Å². The van der Waals surface area contributed by atoms with Gasteiger partial charge in [0, 0.05) is 18.6 Å². The minimum absolute atomic E-state index is 0.0927. The van der Waals surface area contributed by atoms with Gasteiger partial charge >= 0.3 is 5.69 Å². The molecule has 0 unspecified atom stereocenters. The monoisotopic (exact) mass is 492 g/mol. The van der Waals surface area contributed by atoms with Crippen molar-refractivity contribution < 1.29 is 4.42 Å². The summed E-state index contributed by atoms with van der Waals surface area (Å²) in [6.45, 7) is 0.0927. The molecule has 3 aromatic heterocycles. The van der Waals surface area contributed by atoms with E-state index in [2.05, 4.69) is 20.9 Å². The fourth-order valence-corrected chi connectivity index (χ4v) is 4.25. The number of imidazole rings is 1. The van der Waals surface area contributed by atoms with Crippen LogP contribution >= 0.6 is 15.9 Å². The van der Waals surface area contributed by atoms with Crippen molar-refractivity contribution in [1.82, 2.24) is 18.7 Å². The first-order valence-electron chi connectivity index (χ1n) is 9.78. The van der Waals surface area contributed by atoms with Crippen LogP contribution in [0.2, 0.25) is 0 Å². The fourth-order valence-electron chi connectivity index (χ4n) is 3.89. The van der Waals surface area contributed by atoms with Gasteiger partial charge in [0.25, 0.3) is 5.56 Å². The maximum Gasteiger partial charge on any atom is 0.332 e. The molecule has 5 rings (SSSR count). The van der Waals surface area contributed by atoms with Gasteiger partial charge in [-0.05, 0) is 23.8 Å². The predicted molar refractivity (Wildman–Crippen MR) is 125 cm³/mol. The number of aryl methyl sites for hydroxylation is 1. The molecule has 0 atom stereocenters. The Morgan fingerprint density at radius 3 is 2.50 bits per heavy atom. The molecule has 5 aromatic rings. The highest BCUT2D eigenvalue weighted by atomic mass is 79.9. The second kappa shape index (κ2) is 7.45. The van der Waals surface area contributed by atoms with Gasteiger partial charge in [-0.3, -0.25) is 18.7 Å². The van der Waals surface area contributed by atoms with Crippen LogP contribution in [0.25, 0.3) is 33.3 Å². The Morgan fingerprint density at radius 2 is 1.75 bits per heavy atom. The van der Waals surface area contributed by atoms with Gasteiger partial charge in [0.15, 0.2) is 11.2 Å². The van der Waals surface area contributed by atoms with E-state index in [1.807, 2.05) is 30.3 Å². The van der Waals surface area contributed by atoms with Crippen LogP contribution in [-0.2, 0) is 20.6 Å². The standard InChI is InChI=1S/C23H17BrN4O4/c1-26-21-19(22(30)27(2)23(26)31)28(12-25-21)11-17-18(13-6-4-3-5-7-13)20(29)15-10-14(24)8-9-16(15)32-17/h3-10,12H,11H2,1-2H3. The maximum absolute atomic E-state index is 13.5. The summed E-state index contributed by atoms with van der Waals surface area (Å²) in [5.41, 5.74) is 1.01. The van der Waals surface area contributed by atoms with E-state index >= 15 is 0 Å². The van der Waals surface area contributed by atoms with Crippen molar-refractivity contribution in [2.24, 2.45) is 14.1 Å². The first-order valence-corrected chi connectivity index (χ1v) is 10.6. The van der Waals surface area contributed by atoms with E-state index < -0.39 is 11.2 Å². The molecule has 0 radical (unpaired) electrons. The average molecular weight is 493 g/mol. The summed E-state index contributed by atoms with van der Waals surface area (Å²) in [6.07, 6.45) is 1.48. The van der Waals surface area contributed by atoms with E-state index in [0.29, 0.717) is 27.9 Å². The van der Waals surface area contributed by atoms with Gasteiger partial charge in [-0.2, -0.15) is 0 Å². The van der Waals surface area contributed by atoms with E-state index in [4.69, 9.17) is 4.42 Å². The number of fused-ring (bicyclic) bond motifs is 2. The van der Waals surface area contributed by atoms with Crippen LogP contribution in [0.3, 0.4) is 0 Å². The molecule has 160 valence electrons. The Labute approximate surface area is 189 Å². The van der Waals surface area contributed by atoms with Crippen molar-refractivity contribution >= 4 is 38.1 Å². The highest BCUT2D eigenvalue weighted by Crippen LogP contribution is 2.27. The molecular formula is C23H17BrN4O4. The number of nitrogens with zero attached hydrogens (tertiary/aromatic N) is 4. The second-order valence-corrected chi connectivity index (χ2v) is 8.40. The van der Waals surface area contributed by atoms with Crippen molar-refractivity contribution in [3.8, 4) is 11.1 Å². The molecule has 2 aromatic carbocycles. The molecule has 0 spiro atoms. The van der Waals surface area contributed by atoms with Crippen molar-refractivity contribution in [2.45, 2.75) is 6.54 Å². The van der Waals surface area contributed by atoms with Crippen LogP contribution in [0.4, 0.5) is 0 Å².